The van der Waals surface area contributed by atoms with Crippen molar-refractivity contribution in [2.75, 3.05) is 39.6 Å². The molecule has 0 aliphatic heterocycles. The van der Waals surface area contributed by atoms with Crippen LogP contribution in [0.2, 0.25) is 0 Å². The van der Waals surface area contributed by atoms with Crippen molar-refractivity contribution in [1.29, 1.82) is 0 Å². The molecule has 0 rings (SSSR count). The molecule has 0 saturated carbocycles. The summed E-state index contributed by atoms with van der Waals surface area (Å²) < 4.78 is 68.3. The van der Waals surface area contributed by atoms with Crippen LogP contribution < -0.4 is 0 Å². The van der Waals surface area contributed by atoms with Gasteiger partial charge in [-0.2, -0.15) is 0 Å². The lowest BCUT2D eigenvalue weighted by Crippen LogP contribution is -2.30. The van der Waals surface area contributed by atoms with Crippen LogP contribution in [-0.2, 0) is 65.4 Å². The number of phosphoric ester groups is 2. The van der Waals surface area contributed by atoms with Crippen molar-refractivity contribution in [3.8, 4) is 0 Å². The third-order valence-corrected chi connectivity index (χ3v) is 16.9. The number of carbonyl (C=O) groups is 4. The van der Waals surface area contributed by atoms with Crippen molar-refractivity contribution in [3.63, 3.8) is 0 Å². The first-order chi connectivity index (χ1) is 48.7. The Morgan fingerprint density at radius 3 is 0.890 bits per heavy atom. The van der Waals surface area contributed by atoms with Gasteiger partial charge in [-0.3, -0.25) is 37.3 Å². The molecule has 5 unspecified atom stereocenters. The molecule has 0 aliphatic rings. The first-order valence-corrected chi connectivity index (χ1v) is 40.7. The van der Waals surface area contributed by atoms with E-state index in [9.17, 15) is 43.2 Å². The number of aliphatic hydroxyl groups is 1. The second kappa shape index (κ2) is 72.0. The van der Waals surface area contributed by atoms with E-state index in [1.165, 1.54) is 19.3 Å². The van der Waals surface area contributed by atoms with E-state index in [0.29, 0.717) is 25.7 Å². The average molecular weight is 1440 g/mol. The molecule has 568 valence electrons. The van der Waals surface area contributed by atoms with Crippen molar-refractivity contribution >= 4 is 39.5 Å². The predicted molar refractivity (Wildman–Crippen MR) is 408 cm³/mol. The molecule has 0 aromatic carbocycles. The van der Waals surface area contributed by atoms with E-state index >= 15 is 0 Å². The summed E-state index contributed by atoms with van der Waals surface area (Å²) in [6.45, 7) is 4.31. The molecular weight excluding hydrogens is 1310 g/mol. The van der Waals surface area contributed by atoms with Gasteiger partial charge in [0.2, 0.25) is 0 Å². The summed E-state index contributed by atoms with van der Waals surface area (Å²) in [7, 11) is -10.0. The SMILES string of the molecule is CC/C=C\C/C=C\C/C=C\C/C=C\C/C=C\CC(=O)OCC(COP(=O)(O)OCC(O)COP(=O)(O)OCC(COC(=O)CCCCCCC/C=C\C/C=C\C/C=C\CC)OC(=O)CCCCCCC/C=C\C/C=C\C/C=C\CC)OC(=O)CCCCCCC/C=C\C/C=C\CCCCC. The molecule has 0 saturated heterocycles. The molecule has 0 aromatic heterocycles. The van der Waals surface area contributed by atoms with Gasteiger partial charge in [-0.15, -0.1) is 0 Å². The molecule has 19 heteroatoms. The first kappa shape index (κ1) is 94.7. The van der Waals surface area contributed by atoms with Gasteiger partial charge >= 0.3 is 39.5 Å². The fourth-order valence-electron chi connectivity index (χ4n) is 9.35. The number of ether oxygens (including phenoxy) is 4. The Hall–Kier alpha value is -5.32. The Bertz CT molecular complexity index is 2520. The summed E-state index contributed by atoms with van der Waals surface area (Å²) in [5, 5.41) is 10.6. The van der Waals surface area contributed by atoms with E-state index in [0.717, 1.165) is 173 Å². The zero-order chi connectivity index (χ0) is 73.2. The first-order valence-electron chi connectivity index (χ1n) is 37.7. The molecule has 0 fully saturated rings. The molecule has 0 radical (unpaired) electrons. The van der Waals surface area contributed by atoms with E-state index in [1.54, 1.807) is 6.08 Å². The number of phosphoric acid groups is 2. The van der Waals surface area contributed by atoms with Crippen LogP contribution in [0, 0.1) is 0 Å². The fraction of sp³-hybridized carbons (Fsp3) is 0.630. The van der Waals surface area contributed by atoms with E-state index in [1.807, 2.05) is 18.2 Å². The molecule has 0 amide bonds. The molecule has 0 spiro atoms. The minimum atomic E-state index is -5.01. The highest BCUT2D eigenvalue weighted by molar-refractivity contribution is 7.47. The van der Waals surface area contributed by atoms with Gasteiger partial charge in [0.25, 0.3) is 0 Å². The van der Waals surface area contributed by atoms with E-state index in [-0.39, 0.29) is 25.7 Å². The van der Waals surface area contributed by atoms with Gasteiger partial charge in [0, 0.05) is 19.3 Å². The number of aliphatic hydroxyl groups excluding tert-OH is 1. The van der Waals surface area contributed by atoms with Crippen molar-refractivity contribution in [1.82, 2.24) is 0 Å². The molecule has 3 N–H and O–H groups in total. The normalized spacial score (nSPS) is 14.8. The van der Waals surface area contributed by atoms with Crippen LogP contribution in [0.5, 0.6) is 0 Å². The van der Waals surface area contributed by atoms with Gasteiger partial charge in [0.05, 0.1) is 32.8 Å². The van der Waals surface area contributed by atoms with Crippen molar-refractivity contribution in [2.24, 2.45) is 0 Å². The number of hydrogen-bond acceptors (Lipinski definition) is 15. The van der Waals surface area contributed by atoms with Gasteiger partial charge in [0.15, 0.2) is 12.2 Å². The smallest absolute Gasteiger partial charge is 0.462 e. The van der Waals surface area contributed by atoms with Crippen molar-refractivity contribution in [2.45, 2.75) is 290 Å². The molecule has 0 aliphatic carbocycles. The minimum Gasteiger partial charge on any atom is -0.462 e. The van der Waals surface area contributed by atoms with Gasteiger partial charge < -0.3 is 33.8 Å². The second-order valence-electron chi connectivity index (χ2n) is 24.5. The van der Waals surface area contributed by atoms with E-state index < -0.39 is 97.5 Å². The largest absolute Gasteiger partial charge is 0.472 e. The van der Waals surface area contributed by atoms with Gasteiger partial charge in [-0.25, -0.2) is 9.13 Å². The lowest BCUT2D eigenvalue weighted by Gasteiger charge is -2.21. The fourth-order valence-corrected chi connectivity index (χ4v) is 10.9. The average Bonchev–Trinajstić information content (AvgIpc) is 1.01. The zero-order valence-corrected chi connectivity index (χ0v) is 63.6. The number of esters is 4. The quantitative estimate of drug-likeness (QED) is 0.0169. The molecule has 100 heavy (non-hydrogen) atoms. The Labute approximate surface area is 604 Å². The maximum atomic E-state index is 13.1. The minimum absolute atomic E-state index is 0.0540. The van der Waals surface area contributed by atoms with Crippen LogP contribution >= 0.6 is 15.6 Å². The van der Waals surface area contributed by atoms with Gasteiger partial charge in [-0.1, -0.05) is 256 Å². The summed E-state index contributed by atoms with van der Waals surface area (Å²) in [4.78, 5) is 72.8. The highest BCUT2D eigenvalue weighted by Crippen LogP contribution is 2.45. The number of unbranched alkanes of at least 4 members (excludes halogenated alkanes) is 18. The molecular formula is C81H132O17P2. The number of rotatable bonds is 69. The molecule has 0 aromatic rings. The van der Waals surface area contributed by atoms with E-state index in [2.05, 4.69) is 161 Å². The molecule has 17 nitrogen and oxygen atoms in total. The summed E-state index contributed by atoms with van der Waals surface area (Å²) in [6.07, 6.45) is 82.6. The van der Waals surface area contributed by atoms with Crippen LogP contribution in [0.25, 0.3) is 0 Å². The number of allylic oxidation sites excluding steroid dienone is 25. The van der Waals surface area contributed by atoms with E-state index in [4.69, 9.17) is 37.0 Å². The highest BCUT2D eigenvalue weighted by atomic mass is 31.2. The highest BCUT2D eigenvalue weighted by Gasteiger charge is 2.30. The standard InChI is InChI=1S/C81H132O17P2/c1-5-9-13-17-21-25-29-33-37-41-45-49-53-57-61-65-78(83)91-71-76(97-80(85)67-63-59-55-51-47-43-39-35-31-27-23-19-15-11-7-3)73-95-99(87,88)93-69-75(82)70-94-100(89,90)96-74-77(98-81(86)68-64-60-56-52-48-44-40-36-32-28-24-20-16-12-8-4)72-92-79(84)66-62-58-54-50-46-42-38-34-30-26-22-18-14-10-6-2/h9-11,13-15,21-28,33-40,46,50,58,62,75-77,82H,5-8,12,16-20,29-32,41-45,47-49,51-57,59-61,63-74H2,1-4H3,(H,87,88)(H,89,90)/b13-9-,14-10-,15-11-,25-21-,26-22-,27-23-,28-24-,37-33-,38-34-,39-35-,40-36-,50-46-,62-58-. The third kappa shape index (κ3) is 71.1. The van der Waals surface area contributed by atoms with Crippen LogP contribution in [0.1, 0.15) is 272 Å². The summed E-state index contributed by atoms with van der Waals surface area (Å²) >= 11 is 0. The van der Waals surface area contributed by atoms with Crippen LogP contribution in [0.15, 0.2) is 158 Å². The zero-order valence-electron chi connectivity index (χ0n) is 61.8. The van der Waals surface area contributed by atoms with Gasteiger partial charge in [-0.05, 0) is 148 Å². The molecule has 0 heterocycles. The molecule has 5 atom stereocenters. The summed E-state index contributed by atoms with van der Waals surface area (Å²) in [5.41, 5.74) is 0. The van der Waals surface area contributed by atoms with Crippen molar-refractivity contribution in [3.05, 3.63) is 158 Å². The topological polar surface area (TPSA) is 237 Å². The maximum Gasteiger partial charge on any atom is 0.472 e. The lowest BCUT2D eigenvalue weighted by molar-refractivity contribution is -0.161. The van der Waals surface area contributed by atoms with Crippen LogP contribution in [0.4, 0.5) is 0 Å². The number of carbonyl (C=O) groups excluding carboxylic acids is 4. The second-order valence-corrected chi connectivity index (χ2v) is 27.4. The van der Waals surface area contributed by atoms with Crippen molar-refractivity contribution < 1.29 is 80.2 Å². The maximum absolute atomic E-state index is 13.1. The Morgan fingerprint density at radius 1 is 0.300 bits per heavy atom. The Balaban J connectivity index is 5.48. The molecule has 0 bridgehead atoms. The number of hydrogen-bond donors (Lipinski definition) is 3. The Kier molecular flexibility index (Phi) is 68.2. The Morgan fingerprint density at radius 2 is 0.560 bits per heavy atom. The van der Waals surface area contributed by atoms with Crippen LogP contribution in [-0.4, -0.2) is 96.7 Å². The monoisotopic (exact) mass is 1440 g/mol. The van der Waals surface area contributed by atoms with Crippen LogP contribution in [0.3, 0.4) is 0 Å². The lowest BCUT2D eigenvalue weighted by atomic mass is 10.1. The summed E-state index contributed by atoms with van der Waals surface area (Å²) in [6, 6.07) is 0. The third-order valence-electron chi connectivity index (χ3n) is 15.0. The summed E-state index contributed by atoms with van der Waals surface area (Å²) in [5.74, 6) is -2.39. The van der Waals surface area contributed by atoms with Gasteiger partial charge in [0.1, 0.15) is 19.3 Å². The predicted octanol–water partition coefficient (Wildman–Crippen LogP) is 21.7.